The molecule has 0 radical (unpaired) electrons. The van der Waals surface area contributed by atoms with Gasteiger partial charge in [0, 0.05) is 29.3 Å². The van der Waals surface area contributed by atoms with Gasteiger partial charge in [0.2, 0.25) is 5.13 Å². The fourth-order valence-corrected chi connectivity index (χ4v) is 1.66. The molecule has 2 aromatic rings. The number of anilines is 1. The van der Waals surface area contributed by atoms with Crippen LogP contribution in [-0.4, -0.2) is 19.6 Å². The maximum atomic E-state index is 4.21. The van der Waals surface area contributed by atoms with Gasteiger partial charge in [-0.2, -0.15) is 9.47 Å². The largest absolute Gasteiger partial charge is 0.356 e. The number of aromatic amines is 1. The second-order valence-electron chi connectivity index (χ2n) is 3.02. The minimum Gasteiger partial charge on any atom is -0.356 e. The van der Waals surface area contributed by atoms with Crippen molar-refractivity contribution in [2.24, 2.45) is 0 Å². The minimum atomic E-state index is 0.733. The number of hydrogen-bond acceptors (Lipinski definition) is 5. The number of nitrogens with one attached hydrogen (secondary N) is 2. The van der Waals surface area contributed by atoms with Crippen molar-refractivity contribution in [3.8, 4) is 0 Å². The molecule has 2 heterocycles. The second-order valence-corrected chi connectivity index (χ2v) is 3.77. The van der Waals surface area contributed by atoms with E-state index in [1.54, 1.807) is 0 Å². The fourth-order valence-electron chi connectivity index (χ4n) is 1.09. The van der Waals surface area contributed by atoms with Crippen LogP contribution in [0.1, 0.15) is 17.1 Å². The lowest BCUT2D eigenvalue weighted by atomic mass is 10.3. The van der Waals surface area contributed by atoms with E-state index < -0.39 is 0 Å². The zero-order valence-electron chi connectivity index (χ0n) is 8.03. The van der Waals surface area contributed by atoms with Crippen LogP contribution in [0.2, 0.25) is 0 Å². The van der Waals surface area contributed by atoms with Crippen LogP contribution in [0.3, 0.4) is 0 Å². The predicted octanol–water partition coefficient (Wildman–Crippen LogP) is 1.49. The molecule has 0 aliphatic heterocycles. The van der Waals surface area contributed by atoms with E-state index in [9.17, 15) is 0 Å². The third-order valence-corrected chi connectivity index (χ3v) is 2.66. The van der Waals surface area contributed by atoms with E-state index in [4.69, 9.17) is 0 Å². The first-order chi connectivity index (χ1) is 6.75. The summed E-state index contributed by atoms with van der Waals surface area (Å²) in [7, 11) is 0. The first-order valence-corrected chi connectivity index (χ1v) is 5.06. The molecule has 6 heteroatoms. The van der Waals surface area contributed by atoms with Gasteiger partial charge in [-0.05, 0) is 13.8 Å². The molecular formula is C8H11N5S. The highest BCUT2D eigenvalue weighted by atomic mass is 32.1. The van der Waals surface area contributed by atoms with E-state index in [2.05, 4.69) is 24.9 Å². The predicted molar refractivity (Wildman–Crippen MR) is 55.3 cm³/mol. The molecule has 2 aromatic heterocycles. The van der Waals surface area contributed by atoms with Gasteiger partial charge in [0.15, 0.2) is 0 Å². The van der Waals surface area contributed by atoms with Gasteiger partial charge < -0.3 is 5.32 Å². The molecule has 14 heavy (non-hydrogen) atoms. The van der Waals surface area contributed by atoms with E-state index >= 15 is 0 Å². The molecule has 0 aromatic carbocycles. The summed E-state index contributed by atoms with van der Waals surface area (Å²) in [5.74, 6) is 0.807. The van der Waals surface area contributed by atoms with Crippen molar-refractivity contribution < 1.29 is 0 Å². The third-order valence-electron chi connectivity index (χ3n) is 1.89. The number of nitrogens with zero attached hydrogens (tertiary/aromatic N) is 3. The number of aromatic nitrogens is 4. The average Bonchev–Trinajstić information content (AvgIpc) is 2.72. The molecule has 0 bridgehead atoms. The SMILES string of the molecule is Cc1nsc(NCc2cn[nH]c2C)n1. The second kappa shape index (κ2) is 3.75. The van der Waals surface area contributed by atoms with E-state index in [0.29, 0.717) is 0 Å². The molecule has 2 rings (SSSR count). The lowest BCUT2D eigenvalue weighted by Gasteiger charge is -1.99. The van der Waals surface area contributed by atoms with Gasteiger partial charge in [0.25, 0.3) is 0 Å². The highest BCUT2D eigenvalue weighted by Gasteiger charge is 2.02. The van der Waals surface area contributed by atoms with Crippen molar-refractivity contribution in [1.29, 1.82) is 0 Å². The van der Waals surface area contributed by atoms with Crippen molar-refractivity contribution in [3.63, 3.8) is 0 Å². The summed E-state index contributed by atoms with van der Waals surface area (Å²) >= 11 is 1.37. The van der Waals surface area contributed by atoms with Crippen LogP contribution in [-0.2, 0) is 6.54 Å². The Kier molecular flexibility index (Phi) is 2.45. The summed E-state index contributed by atoms with van der Waals surface area (Å²) in [4.78, 5) is 4.21. The van der Waals surface area contributed by atoms with Crippen LogP contribution >= 0.6 is 11.5 Å². The Morgan fingerprint density at radius 3 is 2.93 bits per heavy atom. The maximum Gasteiger partial charge on any atom is 0.202 e. The van der Waals surface area contributed by atoms with Gasteiger partial charge in [-0.3, -0.25) is 5.10 Å². The molecule has 0 spiro atoms. The molecule has 5 nitrogen and oxygen atoms in total. The number of hydrogen-bond donors (Lipinski definition) is 2. The smallest absolute Gasteiger partial charge is 0.202 e. The molecular weight excluding hydrogens is 198 g/mol. The Bertz CT molecular complexity index is 419. The van der Waals surface area contributed by atoms with E-state index in [1.807, 2.05) is 20.0 Å². The number of rotatable bonds is 3. The van der Waals surface area contributed by atoms with Crippen molar-refractivity contribution >= 4 is 16.7 Å². The van der Waals surface area contributed by atoms with E-state index in [-0.39, 0.29) is 0 Å². The van der Waals surface area contributed by atoms with Crippen molar-refractivity contribution in [1.82, 2.24) is 19.6 Å². The van der Waals surface area contributed by atoms with Crippen LogP contribution in [0, 0.1) is 13.8 Å². The highest BCUT2D eigenvalue weighted by Crippen LogP contribution is 2.12. The van der Waals surface area contributed by atoms with Crippen LogP contribution in [0.25, 0.3) is 0 Å². The number of H-pyrrole nitrogens is 1. The normalized spacial score (nSPS) is 10.4. The minimum absolute atomic E-state index is 0.733. The molecule has 0 aliphatic carbocycles. The quantitative estimate of drug-likeness (QED) is 0.803. The standard InChI is InChI=1S/C8H11N5S/c1-5-7(4-10-12-5)3-9-8-11-6(2)13-14-8/h4H,3H2,1-2H3,(H,10,12)(H,9,11,13). The molecule has 0 fully saturated rings. The van der Waals surface area contributed by atoms with Crippen molar-refractivity contribution in [2.45, 2.75) is 20.4 Å². The summed E-state index contributed by atoms with van der Waals surface area (Å²) in [5.41, 5.74) is 2.23. The lowest BCUT2D eigenvalue weighted by molar-refractivity contribution is 1.04. The van der Waals surface area contributed by atoms with Gasteiger partial charge >= 0.3 is 0 Å². The molecule has 74 valence electrons. The Morgan fingerprint density at radius 1 is 1.50 bits per heavy atom. The summed E-state index contributed by atoms with van der Waals surface area (Å²) < 4.78 is 4.08. The van der Waals surface area contributed by atoms with E-state index in [1.165, 1.54) is 11.5 Å². The molecule has 2 N–H and O–H groups in total. The first kappa shape index (κ1) is 9.14. The summed E-state index contributed by atoms with van der Waals surface area (Å²) in [5, 5.41) is 10.9. The molecule has 0 unspecified atom stereocenters. The summed E-state index contributed by atoms with van der Waals surface area (Å²) in [6.07, 6.45) is 1.82. The van der Waals surface area contributed by atoms with Gasteiger partial charge in [-0.25, -0.2) is 4.98 Å². The molecule has 0 amide bonds. The van der Waals surface area contributed by atoms with Crippen LogP contribution in [0.5, 0.6) is 0 Å². The Morgan fingerprint density at radius 2 is 2.36 bits per heavy atom. The van der Waals surface area contributed by atoms with Gasteiger partial charge in [0.1, 0.15) is 5.82 Å². The van der Waals surface area contributed by atoms with Crippen LogP contribution < -0.4 is 5.32 Å². The highest BCUT2D eigenvalue weighted by molar-refractivity contribution is 7.09. The lowest BCUT2D eigenvalue weighted by Crippen LogP contribution is -1.99. The zero-order chi connectivity index (χ0) is 9.97. The van der Waals surface area contributed by atoms with Gasteiger partial charge in [-0.15, -0.1) is 0 Å². The van der Waals surface area contributed by atoms with Crippen molar-refractivity contribution in [3.05, 3.63) is 23.3 Å². The van der Waals surface area contributed by atoms with Crippen LogP contribution in [0.15, 0.2) is 6.20 Å². The Labute approximate surface area is 85.8 Å². The fraction of sp³-hybridized carbons (Fsp3) is 0.375. The molecule has 0 saturated carbocycles. The summed E-state index contributed by atoms with van der Waals surface area (Å²) in [6.45, 7) is 4.61. The van der Waals surface area contributed by atoms with Crippen molar-refractivity contribution in [2.75, 3.05) is 5.32 Å². The average molecular weight is 209 g/mol. The summed E-state index contributed by atoms with van der Waals surface area (Å²) in [6, 6.07) is 0. The molecule has 0 aliphatic rings. The Balaban J connectivity index is 1.98. The monoisotopic (exact) mass is 209 g/mol. The Hall–Kier alpha value is -1.43. The zero-order valence-corrected chi connectivity index (χ0v) is 8.85. The third kappa shape index (κ3) is 1.90. The van der Waals surface area contributed by atoms with Gasteiger partial charge in [-0.1, -0.05) is 0 Å². The topological polar surface area (TPSA) is 66.5 Å². The molecule has 0 saturated heterocycles. The number of aryl methyl sites for hydroxylation is 2. The maximum absolute atomic E-state index is 4.21. The molecule has 0 atom stereocenters. The van der Waals surface area contributed by atoms with Crippen LogP contribution in [0.4, 0.5) is 5.13 Å². The van der Waals surface area contributed by atoms with Gasteiger partial charge in [0.05, 0.1) is 6.20 Å². The first-order valence-electron chi connectivity index (χ1n) is 4.29. The van der Waals surface area contributed by atoms with E-state index in [0.717, 1.165) is 28.8 Å².